The molecule has 1 amide bonds. The van der Waals surface area contributed by atoms with Gasteiger partial charge in [0.25, 0.3) is 0 Å². The third kappa shape index (κ3) is 2.96. The molecule has 2 fully saturated rings. The molecular formula is C16H23N3OS. The van der Waals surface area contributed by atoms with Crippen LogP contribution in [0.4, 0.5) is 0 Å². The second-order valence-corrected chi connectivity index (χ2v) is 7.38. The Kier molecular flexibility index (Phi) is 4.24. The second-order valence-electron chi connectivity index (χ2n) is 6.25. The van der Waals surface area contributed by atoms with E-state index in [9.17, 15) is 4.79 Å². The number of thioether (sulfide) groups is 1. The maximum Gasteiger partial charge on any atom is 0.231 e. The molecule has 114 valence electrons. The number of hydrogen-bond donors (Lipinski definition) is 3. The molecule has 3 rings (SSSR count). The lowest BCUT2D eigenvalue weighted by molar-refractivity contribution is -0.119. The van der Waals surface area contributed by atoms with Gasteiger partial charge < -0.3 is 5.32 Å². The average Bonchev–Trinajstić information content (AvgIpc) is 2.72. The highest BCUT2D eigenvalue weighted by Gasteiger charge is 2.42. The number of fused-ring (bicyclic) bond motifs is 1. The highest BCUT2D eigenvalue weighted by Crippen LogP contribution is 2.42. The molecule has 4 nitrogen and oxygen atoms in total. The first kappa shape index (κ1) is 14.9. The predicted octanol–water partition coefficient (Wildman–Crippen LogP) is 2.15. The van der Waals surface area contributed by atoms with E-state index in [0.29, 0.717) is 28.9 Å². The van der Waals surface area contributed by atoms with Crippen LogP contribution in [0, 0.1) is 5.92 Å². The zero-order valence-electron chi connectivity index (χ0n) is 12.7. The van der Waals surface area contributed by atoms with E-state index in [0.717, 1.165) is 0 Å². The number of nitrogens with one attached hydrogen (secondary N) is 3. The van der Waals surface area contributed by atoms with Crippen molar-refractivity contribution in [3.05, 3.63) is 35.4 Å². The van der Waals surface area contributed by atoms with Crippen LogP contribution in [0.5, 0.6) is 0 Å². The smallest absolute Gasteiger partial charge is 0.231 e. The largest absolute Gasteiger partial charge is 0.338 e. The predicted molar refractivity (Wildman–Crippen MR) is 86.9 cm³/mol. The summed E-state index contributed by atoms with van der Waals surface area (Å²) in [6.07, 6.45) is 0.0114. The summed E-state index contributed by atoms with van der Waals surface area (Å²) in [7, 11) is 0. The van der Waals surface area contributed by atoms with Gasteiger partial charge in [0, 0.05) is 17.2 Å². The van der Waals surface area contributed by atoms with Gasteiger partial charge in [-0.25, -0.2) is 5.43 Å². The third-order valence-corrected chi connectivity index (χ3v) is 5.79. The van der Waals surface area contributed by atoms with Gasteiger partial charge in [-0.15, -0.1) is 11.8 Å². The van der Waals surface area contributed by atoms with E-state index >= 15 is 0 Å². The van der Waals surface area contributed by atoms with Crippen molar-refractivity contribution in [3.63, 3.8) is 0 Å². The van der Waals surface area contributed by atoms with Crippen molar-refractivity contribution < 1.29 is 4.79 Å². The maximum absolute atomic E-state index is 11.9. The Bertz CT molecular complexity index is 517. The van der Waals surface area contributed by atoms with E-state index in [1.807, 2.05) is 0 Å². The minimum absolute atomic E-state index is 0.0114. The zero-order chi connectivity index (χ0) is 15.0. The highest BCUT2D eigenvalue weighted by molar-refractivity contribution is 8.00. The lowest BCUT2D eigenvalue weighted by atomic mass is 9.90. The summed E-state index contributed by atoms with van der Waals surface area (Å²) >= 11 is 1.75. The Morgan fingerprint density at radius 1 is 1.19 bits per heavy atom. The van der Waals surface area contributed by atoms with Gasteiger partial charge in [-0.3, -0.25) is 10.2 Å². The third-order valence-electron chi connectivity index (χ3n) is 4.42. The fourth-order valence-electron chi connectivity index (χ4n) is 3.15. The summed E-state index contributed by atoms with van der Waals surface area (Å²) in [5.41, 5.74) is 9.15. The fourth-order valence-corrected chi connectivity index (χ4v) is 4.53. The van der Waals surface area contributed by atoms with Gasteiger partial charge in [-0.1, -0.05) is 38.1 Å². The van der Waals surface area contributed by atoms with Crippen LogP contribution in [0.15, 0.2) is 24.3 Å². The van der Waals surface area contributed by atoms with Gasteiger partial charge in [0.1, 0.15) is 0 Å². The second kappa shape index (κ2) is 5.99. The molecule has 5 heteroatoms. The topological polar surface area (TPSA) is 53.2 Å². The van der Waals surface area contributed by atoms with Crippen molar-refractivity contribution in [2.45, 2.75) is 44.1 Å². The molecule has 1 aromatic carbocycles. The Morgan fingerprint density at radius 3 is 2.57 bits per heavy atom. The van der Waals surface area contributed by atoms with Crippen LogP contribution >= 0.6 is 11.8 Å². The molecule has 2 heterocycles. The molecule has 0 saturated carbocycles. The van der Waals surface area contributed by atoms with E-state index in [1.165, 1.54) is 11.1 Å². The molecule has 1 aromatic rings. The SMILES string of the molecule is CC(C)c1ccc(C2SCC(=O)NC3NNC(C)C32)cc1. The van der Waals surface area contributed by atoms with Crippen LogP contribution in [-0.4, -0.2) is 23.9 Å². The van der Waals surface area contributed by atoms with Gasteiger partial charge in [0.05, 0.1) is 11.9 Å². The van der Waals surface area contributed by atoms with Crippen LogP contribution in [-0.2, 0) is 4.79 Å². The molecule has 0 bridgehead atoms. The molecule has 0 spiro atoms. The van der Waals surface area contributed by atoms with Crippen LogP contribution < -0.4 is 16.2 Å². The summed E-state index contributed by atoms with van der Waals surface area (Å²) in [4.78, 5) is 11.9. The number of amides is 1. The van der Waals surface area contributed by atoms with E-state index in [-0.39, 0.29) is 12.1 Å². The van der Waals surface area contributed by atoms with E-state index in [1.54, 1.807) is 11.8 Å². The van der Waals surface area contributed by atoms with Gasteiger partial charge >= 0.3 is 0 Å². The van der Waals surface area contributed by atoms with Gasteiger partial charge in [-0.05, 0) is 24.0 Å². The monoisotopic (exact) mass is 305 g/mol. The van der Waals surface area contributed by atoms with Gasteiger partial charge in [0.2, 0.25) is 5.91 Å². The summed E-state index contributed by atoms with van der Waals surface area (Å²) in [5.74, 6) is 1.54. The van der Waals surface area contributed by atoms with Crippen molar-refractivity contribution in [1.29, 1.82) is 0 Å². The molecule has 21 heavy (non-hydrogen) atoms. The molecular weight excluding hydrogens is 282 g/mol. The Labute approximate surface area is 130 Å². The molecule has 4 atom stereocenters. The van der Waals surface area contributed by atoms with Crippen molar-refractivity contribution in [3.8, 4) is 0 Å². The number of carbonyl (C=O) groups excluding carboxylic acids is 1. The van der Waals surface area contributed by atoms with Crippen molar-refractivity contribution in [1.82, 2.24) is 16.2 Å². The van der Waals surface area contributed by atoms with Crippen LogP contribution in [0.25, 0.3) is 0 Å². The van der Waals surface area contributed by atoms with E-state index < -0.39 is 0 Å². The number of hydrazine groups is 1. The summed E-state index contributed by atoms with van der Waals surface area (Å²) in [6.45, 7) is 6.59. The number of benzene rings is 1. The van der Waals surface area contributed by atoms with Crippen molar-refractivity contribution in [2.75, 3.05) is 5.75 Å². The minimum atomic E-state index is 0.0114. The zero-order valence-corrected chi connectivity index (χ0v) is 13.5. The van der Waals surface area contributed by atoms with Crippen molar-refractivity contribution >= 4 is 17.7 Å². The highest BCUT2D eigenvalue weighted by atomic mass is 32.2. The lowest BCUT2D eigenvalue weighted by Crippen LogP contribution is -2.46. The van der Waals surface area contributed by atoms with Crippen LogP contribution in [0.3, 0.4) is 0 Å². The molecule has 0 radical (unpaired) electrons. The van der Waals surface area contributed by atoms with Crippen LogP contribution in [0.2, 0.25) is 0 Å². The number of carbonyl (C=O) groups is 1. The molecule has 0 aromatic heterocycles. The Balaban J connectivity index is 1.89. The standard InChI is InChI=1S/C16H23N3OS/c1-9(2)11-4-6-12(7-5-11)15-14-10(3)18-19-16(14)17-13(20)8-21-15/h4-7,9-10,14-16,18-19H,8H2,1-3H3,(H,17,20). The Hall–Kier alpha value is -1.04. The van der Waals surface area contributed by atoms with Gasteiger partial charge in [0.15, 0.2) is 0 Å². The summed E-state index contributed by atoms with van der Waals surface area (Å²) < 4.78 is 0. The Morgan fingerprint density at radius 2 is 1.90 bits per heavy atom. The quantitative estimate of drug-likeness (QED) is 0.784. The molecule has 2 aliphatic heterocycles. The first-order chi connectivity index (χ1) is 10.1. The molecule has 4 unspecified atom stereocenters. The van der Waals surface area contributed by atoms with Crippen LogP contribution in [0.1, 0.15) is 43.1 Å². The summed E-state index contributed by atoms with van der Waals surface area (Å²) in [6, 6.07) is 9.22. The lowest BCUT2D eigenvalue weighted by Gasteiger charge is -2.27. The first-order valence-corrected chi connectivity index (χ1v) is 8.63. The number of rotatable bonds is 2. The first-order valence-electron chi connectivity index (χ1n) is 7.58. The van der Waals surface area contributed by atoms with E-state index in [4.69, 9.17) is 0 Å². The van der Waals surface area contributed by atoms with Crippen molar-refractivity contribution in [2.24, 2.45) is 5.92 Å². The number of hydrogen-bond acceptors (Lipinski definition) is 4. The van der Waals surface area contributed by atoms with Gasteiger partial charge in [-0.2, -0.15) is 0 Å². The maximum atomic E-state index is 11.9. The minimum Gasteiger partial charge on any atom is -0.338 e. The molecule has 2 aliphatic rings. The molecule has 2 saturated heterocycles. The normalized spacial score (nSPS) is 32.7. The van der Waals surface area contributed by atoms with E-state index in [2.05, 4.69) is 61.2 Å². The fraction of sp³-hybridized carbons (Fsp3) is 0.562. The molecule has 0 aliphatic carbocycles. The summed E-state index contributed by atoms with van der Waals surface area (Å²) in [5, 5.41) is 3.39. The molecule has 3 N–H and O–H groups in total. The average molecular weight is 305 g/mol.